The average molecular weight is 348 g/mol. The third-order valence-electron chi connectivity index (χ3n) is 5.99. The van der Waals surface area contributed by atoms with Crippen LogP contribution in [0.5, 0.6) is 0 Å². The molecule has 2 bridgehead atoms. The second-order valence-electron chi connectivity index (χ2n) is 7.50. The third-order valence-corrected chi connectivity index (χ3v) is 7.38. The lowest BCUT2D eigenvalue weighted by Gasteiger charge is -2.56. The van der Waals surface area contributed by atoms with Crippen molar-refractivity contribution in [3.05, 3.63) is 34.2 Å². The van der Waals surface area contributed by atoms with Gasteiger partial charge in [-0.05, 0) is 81.3 Å². The Hall–Kier alpha value is -0.900. The predicted octanol–water partition coefficient (Wildman–Crippen LogP) is 5.25. The van der Waals surface area contributed by atoms with Gasteiger partial charge >= 0.3 is 0 Å². The first-order valence-electron chi connectivity index (χ1n) is 8.42. The lowest BCUT2D eigenvalue weighted by molar-refractivity contribution is -0.0643. The number of ketones is 1. The van der Waals surface area contributed by atoms with Gasteiger partial charge in [0.15, 0.2) is 5.78 Å². The zero-order valence-electron chi connectivity index (χ0n) is 13.6. The average Bonchev–Trinajstić information content (AvgIpc) is 2.94. The Kier molecular flexibility index (Phi) is 3.79. The second-order valence-corrected chi connectivity index (χ2v) is 9.02. The Balaban J connectivity index is 1.59. The van der Waals surface area contributed by atoms with Gasteiger partial charge in [0.25, 0.3) is 0 Å². The zero-order valence-corrected chi connectivity index (χ0v) is 15.2. The van der Waals surface area contributed by atoms with Crippen molar-refractivity contribution in [1.82, 2.24) is 4.90 Å². The second kappa shape index (κ2) is 5.58. The molecule has 0 N–H and O–H groups in total. The molecule has 0 aliphatic carbocycles. The molecule has 3 aliphatic heterocycles. The normalized spacial score (nSPS) is 29.1. The summed E-state index contributed by atoms with van der Waals surface area (Å²) >= 11 is 7.66. The van der Waals surface area contributed by atoms with Crippen LogP contribution in [0.3, 0.4) is 0 Å². The number of fused-ring (bicyclic) bond motifs is 4. The van der Waals surface area contributed by atoms with E-state index in [1.807, 2.05) is 24.3 Å². The van der Waals surface area contributed by atoms with E-state index >= 15 is 0 Å². The van der Waals surface area contributed by atoms with Crippen LogP contribution >= 0.6 is 22.9 Å². The maximum Gasteiger partial charge on any atom is 0.173 e. The Morgan fingerprint density at radius 3 is 2.74 bits per heavy atom. The van der Waals surface area contributed by atoms with Crippen molar-refractivity contribution in [2.75, 3.05) is 13.1 Å². The van der Waals surface area contributed by atoms with E-state index in [-0.39, 0.29) is 5.54 Å². The number of rotatable bonds is 3. The smallest absolute Gasteiger partial charge is 0.173 e. The largest absolute Gasteiger partial charge is 0.298 e. The van der Waals surface area contributed by atoms with Crippen molar-refractivity contribution in [3.63, 3.8) is 0 Å². The fraction of sp³-hybridized carbons (Fsp3) is 0.526. The van der Waals surface area contributed by atoms with Gasteiger partial charge in [-0.2, -0.15) is 0 Å². The Morgan fingerprint density at radius 2 is 2.04 bits per heavy atom. The molecule has 0 spiro atoms. The predicted molar refractivity (Wildman–Crippen MR) is 97.6 cm³/mol. The number of benzene rings is 1. The quantitative estimate of drug-likeness (QED) is 0.707. The van der Waals surface area contributed by atoms with Gasteiger partial charge in [-0.15, -0.1) is 11.3 Å². The van der Waals surface area contributed by atoms with E-state index < -0.39 is 0 Å². The van der Waals surface area contributed by atoms with E-state index in [9.17, 15) is 4.79 Å². The Bertz CT molecular complexity index is 758. The van der Waals surface area contributed by atoms with Gasteiger partial charge in [-0.25, -0.2) is 0 Å². The van der Waals surface area contributed by atoms with Crippen LogP contribution in [0.4, 0.5) is 0 Å². The van der Waals surface area contributed by atoms with E-state index in [4.69, 9.17) is 11.6 Å². The summed E-state index contributed by atoms with van der Waals surface area (Å²) in [7, 11) is 0. The molecule has 0 radical (unpaired) electrons. The summed E-state index contributed by atoms with van der Waals surface area (Å²) in [5.74, 6) is 1.49. The van der Waals surface area contributed by atoms with Crippen molar-refractivity contribution in [3.8, 4) is 0 Å². The van der Waals surface area contributed by atoms with E-state index in [1.54, 1.807) is 11.3 Å². The van der Waals surface area contributed by atoms with Crippen LogP contribution in [0.1, 0.15) is 42.8 Å². The molecule has 4 heteroatoms. The topological polar surface area (TPSA) is 20.3 Å². The highest BCUT2D eigenvalue weighted by Gasteiger charge is 2.47. The first kappa shape index (κ1) is 15.6. The van der Waals surface area contributed by atoms with Gasteiger partial charge in [0, 0.05) is 21.7 Å². The summed E-state index contributed by atoms with van der Waals surface area (Å²) in [4.78, 5) is 16.4. The highest BCUT2D eigenvalue weighted by atomic mass is 35.5. The fourth-order valence-corrected chi connectivity index (χ4v) is 5.73. The highest BCUT2D eigenvalue weighted by Crippen LogP contribution is 2.46. The minimum Gasteiger partial charge on any atom is -0.298 e. The number of halogens is 1. The summed E-state index contributed by atoms with van der Waals surface area (Å²) in [6, 6.07) is 7.87. The molecule has 2 nitrogen and oxygen atoms in total. The van der Waals surface area contributed by atoms with Crippen molar-refractivity contribution in [2.24, 2.45) is 11.8 Å². The van der Waals surface area contributed by atoms with Gasteiger partial charge in [-0.3, -0.25) is 9.69 Å². The molecular weight excluding hydrogens is 326 g/mol. The molecule has 0 unspecified atom stereocenters. The van der Waals surface area contributed by atoms with Gasteiger partial charge in [0.05, 0.1) is 4.88 Å². The molecule has 0 saturated carbocycles. The van der Waals surface area contributed by atoms with Crippen molar-refractivity contribution >= 4 is 38.8 Å². The van der Waals surface area contributed by atoms with Crippen LogP contribution in [0.25, 0.3) is 10.1 Å². The fourth-order valence-electron chi connectivity index (χ4n) is 4.56. The molecule has 122 valence electrons. The lowest BCUT2D eigenvalue weighted by atomic mass is 9.65. The van der Waals surface area contributed by atoms with E-state index in [0.29, 0.717) is 24.0 Å². The number of hydrogen-bond acceptors (Lipinski definition) is 3. The molecule has 2 aromatic rings. The van der Waals surface area contributed by atoms with Crippen molar-refractivity contribution in [2.45, 2.75) is 38.6 Å². The molecule has 1 atom stereocenters. The van der Waals surface area contributed by atoms with E-state index in [2.05, 4.69) is 18.7 Å². The van der Waals surface area contributed by atoms with E-state index in [0.717, 1.165) is 20.0 Å². The van der Waals surface area contributed by atoms with Crippen LogP contribution in [0, 0.1) is 11.8 Å². The zero-order chi connectivity index (χ0) is 16.2. The number of carbonyl (C=O) groups excluding carboxylic acids is 1. The Labute approximate surface area is 146 Å². The van der Waals surface area contributed by atoms with Crippen LogP contribution in [0.15, 0.2) is 24.3 Å². The van der Waals surface area contributed by atoms with Gasteiger partial charge in [0.1, 0.15) is 0 Å². The summed E-state index contributed by atoms with van der Waals surface area (Å²) < 4.78 is 1.14. The maximum absolute atomic E-state index is 12.9. The number of hydrogen-bond donors (Lipinski definition) is 0. The summed E-state index contributed by atoms with van der Waals surface area (Å²) in [5, 5.41) is 1.81. The summed E-state index contributed by atoms with van der Waals surface area (Å²) in [5.41, 5.74) is 0.150. The molecule has 3 aliphatic rings. The first-order chi connectivity index (χ1) is 10.9. The summed E-state index contributed by atoms with van der Waals surface area (Å²) in [6.45, 7) is 7.04. The SMILES string of the molecule is CC1(C)[C@H](CC(=O)c2cc3cc(Cl)ccc3s2)C2CCN1CC2. The van der Waals surface area contributed by atoms with Crippen molar-refractivity contribution < 1.29 is 4.79 Å². The lowest BCUT2D eigenvalue weighted by Crippen LogP contribution is -2.61. The van der Waals surface area contributed by atoms with Crippen LogP contribution in [0.2, 0.25) is 5.02 Å². The molecule has 3 saturated heterocycles. The third kappa shape index (κ3) is 2.63. The summed E-state index contributed by atoms with van der Waals surface area (Å²) in [6.07, 6.45) is 3.18. The maximum atomic E-state index is 12.9. The van der Waals surface area contributed by atoms with Gasteiger partial charge in [-0.1, -0.05) is 11.6 Å². The molecule has 0 amide bonds. The van der Waals surface area contributed by atoms with Crippen LogP contribution in [-0.2, 0) is 0 Å². The molecule has 4 heterocycles. The molecule has 23 heavy (non-hydrogen) atoms. The standard InChI is InChI=1S/C19H22ClNOS/c1-19(2)15(12-5-7-21(19)8-6-12)11-16(22)18-10-13-9-14(20)3-4-17(13)23-18/h3-4,9-10,12,15H,5-8,11H2,1-2H3/t15-/m1/s1. The molecule has 5 rings (SSSR count). The van der Waals surface area contributed by atoms with Crippen molar-refractivity contribution in [1.29, 1.82) is 0 Å². The molecule has 1 aromatic heterocycles. The van der Waals surface area contributed by atoms with Gasteiger partial charge < -0.3 is 0 Å². The highest BCUT2D eigenvalue weighted by molar-refractivity contribution is 7.20. The minimum absolute atomic E-state index is 0.150. The molecular formula is C19H22ClNOS. The number of carbonyl (C=O) groups is 1. The van der Waals surface area contributed by atoms with Crippen LogP contribution < -0.4 is 0 Å². The number of Topliss-reactive ketones (excluding diaryl/α,β-unsaturated/α-hetero) is 1. The number of thiophene rings is 1. The van der Waals surface area contributed by atoms with Gasteiger partial charge in [0.2, 0.25) is 0 Å². The van der Waals surface area contributed by atoms with Crippen LogP contribution in [-0.4, -0.2) is 29.3 Å². The molecule has 3 fully saturated rings. The number of piperidine rings is 3. The Morgan fingerprint density at radius 1 is 1.30 bits per heavy atom. The first-order valence-corrected chi connectivity index (χ1v) is 9.62. The number of nitrogens with zero attached hydrogens (tertiary/aromatic N) is 1. The molecule has 1 aromatic carbocycles. The van der Waals surface area contributed by atoms with E-state index in [1.165, 1.54) is 25.9 Å². The minimum atomic E-state index is 0.150. The monoisotopic (exact) mass is 347 g/mol.